The molecule has 2 aromatic carbocycles. The fourth-order valence-electron chi connectivity index (χ4n) is 4.04. The van der Waals surface area contributed by atoms with E-state index in [1.54, 1.807) is 0 Å². The predicted octanol–water partition coefficient (Wildman–Crippen LogP) is 5.66. The first-order valence-corrected chi connectivity index (χ1v) is 9.19. The van der Waals surface area contributed by atoms with Gasteiger partial charge in [-0.1, -0.05) is 39.7 Å². The van der Waals surface area contributed by atoms with Crippen molar-refractivity contribution in [3.63, 3.8) is 0 Å². The third-order valence-corrected chi connectivity index (χ3v) is 6.07. The first-order valence-electron chi connectivity index (χ1n) is 8.02. The molecule has 3 nitrogen and oxygen atoms in total. The van der Waals surface area contributed by atoms with E-state index in [1.165, 1.54) is 11.1 Å². The fraction of sp³-hybridized carbons (Fsp3) is 0.263. The molecule has 2 aliphatic heterocycles. The Morgan fingerprint density at radius 3 is 2.79 bits per heavy atom. The Hall–Kier alpha value is -1.65. The van der Waals surface area contributed by atoms with Crippen LogP contribution in [0.1, 0.15) is 29.5 Å². The Morgan fingerprint density at radius 2 is 1.92 bits per heavy atom. The lowest BCUT2D eigenvalue weighted by Crippen LogP contribution is -2.29. The van der Waals surface area contributed by atoms with Crippen molar-refractivity contribution in [3.8, 4) is 11.5 Å². The number of nitrogens with one attached hydrogen (secondary N) is 1. The van der Waals surface area contributed by atoms with Crippen LogP contribution < -0.4 is 14.8 Å². The molecule has 122 valence electrons. The van der Waals surface area contributed by atoms with Crippen molar-refractivity contribution in [1.82, 2.24) is 0 Å². The van der Waals surface area contributed by atoms with E-state index in [1.807, 2.05) is 12.1 Å². The summed E-state index contributed by atoms with van der Waals surface area (Å²) in [5.41, 5.74) is 3.65. The van der Waals surface area contributed by atoms with Crippen LogP contribution in [0.25, 0.3) is 0 Å². The fourth-order valence-corrected chi connectivity index (χ4v) is 4.79. The molecule has 3 atom stereocenters. The van der Waals surface area contributed by atoms with Crippen molar-refractivity contribution in [3.05, 3.63) is 63.1 Å². The molecule has 0 saturated carbocycles. The zero-order chi connectivity index (χ0) is 16.3. The van der Waals surface area contributed by atoms with Crippen LogP contribution in [0.3, 0.4) is 0 Å². The number of halogens is 2. The van der Waals surface area contributed by atoms with Crippen LogP contribution in [0.5, 0.6) is 11.5 Å². The van der Waals surface area contributed by atoms with Gasteiger partial charge in [-0.05, 0) is 53.8 Å². The Kier molecular flexibility index (Phi) is 3.32. The summed E-state index contributed by atoms with van der Waals surface area (Å²) in [6.07, 6.45) is 5.64. The molecule has 0 unspecified atom stereocenters. The van der Waals surface area contributed by atoms with Gasteiger partial charge < -0.3 is 14.8 Å². The molecule has 3 aliphatic rings. The third kappa shape index (κ3) is 2.16. The second-order valence-corrected chi connectivity index (χ2v) is 7.72. The molecular formula is C19H15BrClNO2. The molecule has 1 N–H and O–H groups in total. The highest BCUT2D eigenvalue weighted by atomic mass is 79.9. The van der Waals surface area contributed by atoms with E-state index < -0.39 is 0 Å². The molecule has 2 heterocycles. The maximum Gasteiger partial charge on any atom is 0.231 e. The molecule has 0 bridgehead atoms. The Bertz CT molecular complexity index is 867. The molecule has 24 heavy (non-hydrogen) atoms. The zero-order valence-electron chi connectivity index (χ0n) is 12.8. The van der Waals surface area contributed by atoms with Crippen LogP contribution in [0, 0.1) is 5.92 Å². The Labute approximate surface area is 153 Å². The minimum Gasteiger partial charge on any atom is -0.454 e. The molecule has 0 spiro atoms. The topological polar surface area (TPSA) is 30.5 Å². The molecule has 2 aromatic rings. The van der Waals surface area contributed by atoms with Crippen LogP contribution in [-0.4, -0.2) is 6.79 Å². The summed E-state index contributed by atoms with van der Waals surface area (Å²) in [6.45, 7) is 0.290. The molecule has 0 fully saturated rings. The first kappa shape index (κ1) is 14.7. The van der Waals surface area contributed by atoms with Crippen LogP contribution in [0.4, 0.5) is 5.69 Å². The summed E-state index contributed by atoms with van der Waals surface area (Å²) in [5.74, 6) is 2.48. The maximum absolute atomic E-state index is 6.22. The lowest BCUT2D eigenvalue weighted by Gasteiger charge is -2.38. The van der Waals surface area contributed by atoms with E-state index >= 15 is 0 Å². The van der Waals surface area contributed by atoms with Gasteiger partial charge in [-0.3, -0.25) is 0 Å². The average molecular weight is 405 g/mol. The van der Waals surface area contributed by atoms with Gasteiger partial charge in [0.25, 0.3) is 0 Å². The molecule has 5 heteroatoms. The van der Waals surface area contributed by atoms with E-state index in [9.17, 15) is 0 Å². The lowest BCUT2D eigenvalue weighted by molar-refractivity contribution is 0.174. The minimum atomic E-state index is 0.211. The summed E-state index contributed by atoms with van der Waals surface area (Å²) < 4.78 is 12.1. The smallest absolute Gasteiger partial charge is 0.231 e. The van der Waals surface area contributed by atoms with E-state index in [2.05, 4.69) is 51.6 Å². The summed E-state index contributed by atoms with van der Waals surface area (Å²) >= 11 is 9.94. The largest absolute Gasteiger partial charge is 0.454 e. The number of anilines is 1. The molecule has 0 radical (unpaired) electrons. The number of ether oxygens (including phenoxy) is 2. The number of rotatable bonds is 1. The number of hydrogen-bond donors (Lipinski definition) is 1. The third-order valence-electron chi connectivity index (χ3n) is 5.15. The first-order chi connectivity index (χ1) is 11.7. The summed E-state index contributed by atoms with van der Waals surface area (Å²) in [5, 5.41) is 4.51. The molecule has 0 aromatic heterocycles. The van der Waals surface area contributed by atoms with Gasteiger partial charge in [0.1, 0.15) is 0 Å². The van der Waals surface area contributed by atoms with Gasteiger partial charge in [0.2, 0.25) is 6.79 Å². The Morgan fingerprint density at radius 1 is 1.08 bits per heavy atom. The van der Waals surface area contributed by atoms with E-state index in [-0.39, 0.29) is 12.8 Å². The highest BCUT2D eigenvalue weighted by Gasteiger charge is 2.39. The molecule has 1 aliphatic carbocycles. The van der Waals surface area contributed by atoms with E-state index in [0.29, 0.717) is 11.8 Å². The summed E-state index contributed by atoms with van der Waals surface area (Å²) in [7, 11) is 0. The van der Waals surface area contributed by atoms with Gasteiger partial charge in [-0.25, -0.2) is 0 Å². The van der Waals surface area contributed by atoms with Gasteiger partial charge >= 0.3 is 0 Å². The lowest BCUT2D eigenvalue weighted by atomic mass is 9.77. The van der Waals surface area contributed by atoms with Gasteiger partial charge in [0.05, 0.1) is 6.04 Å². The van der Waals surface area contributed by atoms with Crippen molar-refractivity contribution in [2.45, 2.75) is 18.4 Å². The van der Waals surface area contributed by atoms with Crippen LogP contribution in [0.15, 0.2) is 47.0 Å². The van der Waals surface area contributed by atoms with Crippen LogP contribution in [-0.2, 0) is 0 Å². The Balaban J connectivity index is 1.61. The highest BCUT2D eigenvalue weighted by Crippen LogP contribution is 2.52. The van der Waals surface area contributed by atoms with Crippen molar-refractivity contribution in [2.75, 3.05) is 12.1 Å². The minimum absolute atomic E-state index is 0.211. The standard InChI is InChI=1S/C19H15BrClNO2/c20-15-8-18-17(23-9-24-18)7-14(15)19-12-3-1-2-11(12)13-6-10(21)4-5-16(13)22-19/h1-2,4-8,11-12,19,22H,3,9H2/t11-,12-,19-/m1/s1. The van der Waals surface area contributed by atoms with Gasteiger partial charge in [-0.15, -0.1) is 0 Å². The molecular weight excluding hydrogens is 390 g/mol. The van der Waals surface area contributed by atoms with E-state index in [4.69, 9.17) is 21.1 Å². The molecule has 5 rings (SSSR count). The molecule has 0 saturated heterocycles. The summed E-state index contributed by atoms with van der Waals surface area (Å²) in [6, 6.07) is 10.4. The normalized spacial score (nSPS) is 26.0. The van der Waals surface area contributed by atoms with E-state index in [0.717, 1.165) is 33.1 Å². The van der Waals surface area contributed by atoms with Crippen molar-refractivity contribution in [2.24, 2.45) is 5.92 Å². The van der Waals surface area contributed by atoms with Crippen LogP contribution >= 0.6 is 27.5 Å². The van der Waals surface area contributed by atoms with Crippen molar-refractivity contribution in [1.29, 1.82) is 0 Å². The second kappa shape index (κ2) is 5.43. The highest BCUT2D eigenvalue weighted by molar-refractivity contribution is 9.10. The quantitative estimate of drug-likeness (QED) is 0.622. The molecule has 0 amide bonds. The second-order valence-electron chi connectivity index (χ2n) is 6.43. The number of allylic oxidation sites excluding steroid dienone is 2. The van der Waals surface area contributed by atoms with Crippen LogP contribution in [0.2, 0.25) is 5.02 Å². The van der Waals surface area contributed by atoms with Crippen molar-refractivity contribution >= 4 is 33.2 Å². The SMILES string of the molecule is Clc1ccc2c(c1)[C@@H]1C=CC[C@H]1[C@H](c1cc3c(cc1Br)OCO3)N2. The van der Waals surface area contributed by atoms with Crippen molar-refractivity contribution < 1.29 is 9.47 Å². The average Bonchev–Trinajstić information content (AvgIpc) is 3.22. The van der Waals surface area contributed by atoms with Gasteiger partial charge in [-0.2, -0.15) is 0 Å². The monoisotopic (exact) mass is 403 g/mol. The van der Waals surface area contributed by atoms with Gasteiger partial charge in [0.15, 0.2) is 11.5 Å². The number of fused-ring (bicyclic) bond motifs is 4. The maximum atomic E-state index is 6.22. The number of hydrogen-bond acceptors (Lipinski definition) is 3. The zero-order valence-corrected chi connectivity index (χ0v) is 15.1. The predicted molar refractivity (Wildman–Crippen MR) is 98.1 cm³/mol. The summed E-state index contributed by atoms with van der Waals surface area (Å²) in [4.78, 5) is 0. The number of benzene rings is 2. The van der Waals surface area contributed by atoms with Gasteiger partial charge in [0, 0.05) is 21.1 Å².